The van der Waals surface area contributed by atoms with Gasteiger partial charge in [0.05, 0.1) is 5.56 Å². The molecule has 4 bridgehead atoms. The molecule has 4 fully saturated rings. The monoisotopic (exact) mass is 411 g/mol. The summed E-state index contributed by atoms with van der Waals surface area (Å²) in [7, 11) is 0. The Kier molecular flexibility index (Phi) is 3.45. The van der Waals surface area contributed by atoms with Crippen LogP contribution in [0.3, 0.4) is 0 Å². The van der Waals surface area contributed by atoms with Crippen molar-refractivity contribution >= 4 is 37.8 Å². The number of hydrogen-bond acceptors (Lipinski definition) is 1. The SMILES string of the molecule is O=C(NC12CC3CC(CC(C3)C1)C2)c1ccc(Br)cc1Br. The molecule has 0 aliphatic heterocycles. The highest BCUT2D eigenvalue weighted by atomic mass is 79.9. The quantitative estimate of drug-likeness (QED) is 0.734. The molecule has 4 saturated carbocycles. The van der Waals surface area contributed by atoms with Crippen molar-refractivity contribution in [3.63, 3.8) is 0 Å². The number of halogens is 2. The molecule has 0 atom stereocenters. The van der Waals surface area contributed by atoms with Crippen LogP contribution in [0.4, 0.5) is 0 Å². The van der Waals surface area contributed by atoms with Gasteiger partial charge in [0.25, 0.3) is 5.91 Å². The van der Waals surface area contributed by atoms with Crippen molar-refractivity contribution in [3.8, 4) is 0 Å². The fraction of sp³-hybridized carbons (Fsp3) is 0.588. The number of carbonyl (C=O) groups is 1. The van der Waals surface area contributed by atoms with Crippen LogP contribution in [-0.4, -0.2) is 11.4 Å². The lowest BCUT2D eigenvalue weighted by Gasteiger charge is -2.56. The fourth-order valence-corrected chi connectivity index (χ4v) is 6.47. The highest BCUT2D eigenvalue weighted by molar-refractivity contribution is 9.11. The maximum Gasteiger partial charge on any atom is 0.252 e. The molecule has 112 valence electrons. The number of hydrogen-bond donors (Lipinski definition) is 1. The van der Waals surface area contributed by atoms with E-state index in [1.165, 1.54) is 38.5 Å². The van der Waals surface area contributed by atoms with Crippen LogP contribution in [0, 0.1) is 17.8 Å². The zero-order valence-electron chi connectivity index (χ0n) is 11.9. The van der Waals surface area contributed by atoms with Gasteiger partial charge in [-0.05, 0) is 90.4 Å². The summed E-state index contributed by atoms with van der Waals surface area (Å²) in [6.07, 6.45) is 7.78. The zero-order chi connectivity index (χ0) is 14.6. The van der Waals surface area contributed by atoms with Crippen molar-refractivity contribution < 1.29 is 4.79 Å². The minimum atomic E-state index is 0.0799. The molecular weight excluding hydrogens is 394 g/mol. The van der Waals surface area contributed by atoms with E-state index in [2.05, 4.69) is 37.2 Å². The van der Waals surface area contributed by atoms with Crippen LogP contribution in [-0.2, 0) is 0 Å². The maximum atomic E-state index is 12.7. The van der Waals surface area contributed by atoms with Crippen molar-refractivity contribution in [2.24, 2.45) is 17.8 Å². The average Bonchev–Trinajstić information content (AvgIpc) is 2.35. The molecule has 21 heavy (non-hydrogen) atoms. The van der Waals surface area contributed by atoms with Crippen LogP contribution in [0.5, 0.6) is 0 Å². The Balaban J connectivity index is 1.57. The summed E-state index contributed by atoms with van der Waals surface area (Å²) in [4.78, 5) is 12.7. The summed E-state index contributed by atoms with van der Waals surface area (Å²) in [5.74, 6) is 2.64. The van der Waals surface area contributed by atoms with Crippen molar-refractivity contribution in [2.45, 2.75) is 44.1 Å². The van der Waals surface area contributed by atoms with Crippen LogP contribution in [0.15, 0.2) is 27.1 Å². The normalized spacial score (nSPS) is 36.8. The first kappa shape index (κ1) is 14.3. The summed E-state index contributed by atoms with van der Waals surface area (Å²) >= 11 is 6.94. The van der Waals surface area contributed by atoms with Crippen molar-refractivity contribution in [1.82, 2.24) is 5.32 Å². The minimum absolute atomic E-state index is 0.0799. The van der Waals surface area contributed by atoms with Crippen molar-refractivity contribution in [2.75, 3.05) is 0 Å². The summed E-state index contributed by atoms with van der Waals surface area (Å²) in [5, 5.41) is 3.42. The van der Waals surface area contributed by atoms with Crippen molar-refractivity contribution in [1.29, 1.82) is 0 Å². The standard InChI is InChI=1S/C17H19Br2NO/c18-13-1-2-14(15(19)6-13)16(21)20-17-7-10-3-11(8-17)5-12(4-10)9-17/h1-2,6,10-12H,3-5,7-9H2,(H,20,21). The second-order valence-electron chi connectivity index (χ2n) is 7.28. The van der Waals surface area contributed by atoms with Gasteiger partial charge < -0.3 is 5.32 Å². The summed E-state index contributed by atoms with van der Waals surface area (Å²) in [5.41, 5.74) is 0.826. The Labute approximate surface area is 142 Å². The van der Waals surface area contributed by atoms with Gasteiger partial charge in [-0.25, -0.2) is 0 Å². The molecule has 4 aliphatic rings. The fourth-order valence-electron chi connectivity index (χ4n) is 5.25. The predicted molar refractivity (Wildman–Crippen MR) is 90.2 cm³/mol. The molecular formula is C17H19Br2NO. The first-order valence-electron chi connectivity index (χ1n) is 7.81. The minimum Gasteiger partial charge on any atom is -0.347 e. The number of nitrogens with one attached hydrogen (secondary N) is 1. The average molecular weight is 413 g/mol. The van der Waals surface area contributed by atoms with E-state index >= 15 is 0 Å². The second-order valence-corrected chi connectivity index (χ2v) is 9.05. The Bertz CT molecular complexity index is 563. The third kappa shape index (κ3) is 2.59. The molecule has 1 N–H and O–H groups in total. The molecule has 0 unspecified atom stereocenters. The second kappa shape index (κ2) is 5.09. The Morgan fingerprint density at radius 3 is 2.14 bits per heavy atom. The summed E-state index contributed by atoms with van der Waals surface area (Å²) in [6.45, 7) is 0. The summed E-state index contributed by atoms with van der Waals surface area (Å²) < 4.78 is 1.85. The Morgan fingerprint density at radius 1 is 1.05 bits per heavy atom. The van der Waals surface area contributed by atoms with Gasteiger partial charge in [0.2, 0.25) is 0 Å². The third-order valence-electron chi connectivity index (χ3n) is 5.59. The molecule has 0 aromatic heterocycles. The molecule has 2 nitrogen and oxygen atoms in total. The molecule has 1 aromatic rings. The zero-order valence-corrected chi connectivity index (χ0v) is 15.0. The first-order chi connectivity index (χ1) is 10.0. The van der Waals surface area contributed by atoms with Gasteiger partial charge in [-0.1, -0.05) is 15.9 Å². The number of amides is 1. The van der Waals surface area contributed by atoms with Crippen LogP contribution < -0.4 is 5.32 Å². The van der Waals surface area contributed by atoms with E-state index in [1.807, 2.05) is 18.2 Å². The first-order valence-corrected chi connectivity index (χ1v) is 9.39. The van der Waals surface area contributed by atoms with Crippen LogP contribution >= 0.6 is 31.9 Å². The van der Waals surface area contributed by atoms with E-state index in [9.17, 15) is 4.79 Å². The lowest BCUT2D eigenvalue weighted by molar-refractivity contribution is -0.0167. The van der Waals surface area contributed by atoms with Crippen LogP contribution in [0.1, 0.15) is 48.9 Å². The van der Waals surface area contributed by atoms with E-state index in [4.69, 9.17) is 0 Å². The maximum absolute atomic E-state index is 12.7. The van der Waals surface area contributed by atoms with Gasteiger partial charge in [-0.3, -0.25) is 4.79 Å². The van der Waals surface area contributed by atoms with E-state index in [0.29, 0.717) is 0 Å². The molecule has 4 heteroatoms. The van der Waals surface area contributed by atoms with Gasteiger partial charge in [-0.2, -0.15) is 0 Å². The molecule has 5 rings (SSSR count). The van der Waals surface area contributed by atoms with E-state index < -0.39 is 0 Å². The summed E-state index contributed by atoms with van der Waals surface area (Å²) in [6, 6.07) is 5.76. The molecule has 1 amide bonds. The predicted octanol–water partition coefficient (Wildman–Crippen LogP) is 4.91. The third-order valence-corrected chi connectivity index (χ3v) is 6.74. The van der Waals surface area contributed by atoms with E-state index in [1.54, 1.807) is 0 Å². The van der Waals surface area contributed by atoms with Crippen LogP contribution in [0.25, 0.3) is 0 Å². The molecule has 0 heterocycles. The number of carbonyl (C=O) groups excluding carboxylic acids is 1. The van der Waals surface area contributed by atoms with Crippen LogP contribution in [0.2, 0.25) is 0 Å². The lowest BCUT2D eigenvalue weighted by atomic mass is 9.53. The van der Waals surface area contributed by atoms with Gasteiger partial charge >= 0.3 is 0 Å². The van der Waals surface area contributed by atoms with Gasteiger partial charge in [-0.15, -0.1) is 0 Å². The number of rotatable bonds is 2. The van der Waals surface area contributed by atoms with Gasteiger partial charge in [0, 0.05) is 14.5 Å². The van der Waals surface area contributed by atoms with Crippen molar-refractivity contribution in [3.05, 3.63) is 32.7 Å². The molecule has 1 aromatic carbocycles. The smallest absolute Gasteiger partial charge is 0.252 e. The molecule has 0 spiro atoms. The number of benzene rings is 1. The van der Waals surface area contributed by atoms with E-state index in [0.717, 1.165) is 32.3 Å². The van der Waals surface area contributed by atoms with Gasteiger partial charge in [0.15, 0.2) is 0 Å². The molecule has 0 saturated heterocycles. The topological polar surface area (TPSA) is 29.1 Å². The molecule has 4 aliphatic carbocycles. The highest BCUT2D eigenvalue weighted by Crippen LogP contribution is 2.55. The molecule has 0 radical (unpaired) electrons. The van der Waals surface area contributed by atoms with E-state index in [-0.39, 0.29) is 11.4 Å². The highest BCUT2D eigenvalue weighted by Gasteiger charge is 2.51. The largest absolute Gasteiger partial charge is 0.347 e. The Morgan fingerprint density at radius 2 is 1.62 bits per heavy atom. The Hall–Kier alpha value is -0.350. The van der Waals surface area contributed by atoms with Gasteiger partial charge in [0.1, 0.15) is 0 Å². The lowest BCUT2D eigenvalue weighted by Crippen LogP contribution is -2.59.